The predicted molar refractivity (Wildman–Crippen MR) is 71.9 cm³/mol. The molecule has 1 amide bonds. The van der Waals surface area contributed by atoms with Gasteiger partial charge in [0.1, 0.15) is 11.5 Å². The Labute approximate surface area is 108 Å². The summed E-state index contributed by atoms with van der Waals surface area (Å²) in [6.07, 6.45) is 7.82. The SMILES string of the molecule is CCN1C=CC=CC2=C1C(=O)NC(N)=C(C)C2C. The minimum Gasteiger partial charge on any atom is -0.385 e. The van der Waals surface area contributed by atoms with E-state index in [0.717, 1.165) is 17.7 Å². The van der Waals surface area contributed by atoms with Crippen molar-refractivity contribution in [2.45, 2.75) is 20.8 Å². The van der Waals surface area contributed by atoms with Gasteiger partial charge in [-0.25, -0.2) is 0 Å². The number of likely N-dealkylation sites (N-methyl/N-ethyl adjacent to an activating group) is 1. The molecule has 1 unspecified atom stereocenters. The number of nitrogens with two attached hydrogens (primary N) is 1. The van der Waals surface area contributed by atoms with Crippen LogP contribution in [0.1, 0.15) is 20.8 Å². The summed E-state index contributed by atoms with van der Waals surface area (Å²) in [7, 11) is 0. The van der Waals surface area contributed by atoms with Crippen molar-refractivity contribution in [3.63, 3.8) is 0 Å². The molecule has 2 aliphatic rings. The molecule has 4 heteroatoms. The van der Waals surface area contributed by atoms with Gasteiger partial charge in [-0.1, -0.05) is 19.1 Å². The monoisotopic (exact) mass is 245 g/mol. The van der Waals surface area contributed by atoms with Crippen LogP contribution in [0.5, 0.6) is 0 Å². The zero-order valence-corrected chi connectivity index (χ0v) is 11.0. The molecule has 0 bridgehead atoms. The van der Waals surface area contributed by atoms with Crippen molar-refractivity contribution in [2.75, 3.05) is 6.54 Å². The fourth-order valence-electron chi connectivity index (χ4n) is 2.25. The molecular weight excluding hydrogens is 226 g/mol. The van der Waals surface area contributed by atoms with Gasteiger partial charge in [0.05, 0.1) is 0 Å². The van der Waals surface area contributed by atoms with Crippen molar-refractivity contribution >= 4 is 5.91 Å². The van der Waals surface area contributed by atoms with Crippen LogP contribution in [0.3, 0.4) is 0 Å². The second-order valence-electron chi connectivity index (χ2n) is 4.56. The number of hydrogen-bond acceptors (Lipinski definition) is 3. The second-order valence-corrected chi connectivity index (χ2v) is 4.56. The first-order valence-corrected chi connectivity index (χ1v) is 6.19. The average Bonchev–Trinajstić information content (AvgIpc) is 2.61. The Morgan fingerprint density at radius 1 is 1.44 bits per heavy atom. The first-order chi connectivity index (χ1) is 8.56. The number of carbonyl (C=O) groups excluding carboxylic acids is 1. The highest BCUT2D eigenvalue weighted by Gasteiger charge is 2.28. The van der Waals surface area contributed by atoms with Crippen LogP contribution in [0.25, 0.3) is 0 Å². The number of rotatable bonds is 1. The maximum atomic E-state index is 12.3. The number of nitrogens with one attached hydrogen (secondary N) is 1. The minimum absolute atomic E-state index is 0.129. The van der Waals surface area contributed by atoms with Gasteiger partial charge in [0.2, 0.25) is 0 Å². The van der Waals surface area contributed by atoms with Crippen molar-refractivity contribution in [2.24, 2.45) is 11.7 Å². The van der Waals surface area contributed by atoms with E-state index in [9.17, 15) is 4.79 Å². The number of carbonyl (C=O) groups is 1. The quantitative estimate of drug-likeness (QED) is 0.737. The average molecular weight is 245 g/mol. The van der Waals surface area contributed by atoms with Gasteiger partial charge in [-0.3, -0.25) is 4.79 Å². The lowest BCUT2D eigenvalue weighted by molar-refractivity contribution is -0.118. The predicted octanol–water partition coefficient (Wildman–Crippen LogP) is 1.60. The summed E-state index contributed by atoms with van der Waals surface area (Å²) in [4.78, 5) is 14.2. The fraction of sp³-hybridized carbons (Fsp3) is 0.357. The van der Waals surface area contributed by atoms with Crippen molar-refractivity contribution in [1.29, 1.82) is 0 Å². The zero-order chi connectivity index (χ0) is 13.3. The van der Waals surface area contributed by atoms with Crippen molar-refractivity contribution in [3.8, 4) is 0 Å². The van der Waals surface area contributed by atoms with Crippen LogP contribution in [0.2, 0.25) is 0 Å². The molecule has 0 aromatic carbocycles. The van der Waals surface area contributed by atoms with Gasteiger partial charge in [0.25, 0.3) is 5.91 Å². The van der Waals surface area contributed by atoms with Gasteiger partial charge in [-0.05, 0) is 31.1 Å². The number of allylic oxidation sites excluding steroid dienone is 5. The third-order valence-corrected chi connectivity index (χ3v) is 3.56. The summed E-state index contributed by atoms with van der Waals surface area (Å²) in [5.74, 6) is 0.461. The Kier molecular flexibility index (Phi) is 3.28. The van der Waals surface area contributed by atoms with Crippen molar-refractivity contribution in [1.82, 2.24) is 10.2 Å². The van der Waals surface area contributed by atoms with E-state index in [4.69, 9.17) is 5.73 Å². The van der Waals surface area contributed by atoms with E-state index in [0.29, 0.717) is 11.5 Å². The van der Waals surface area contributed by atoms with E-state index in [1.807, 2.05) is 43.2 Å². The zero-order valence-electron chi connectivity index (χ0n) is 11.0. The van der Waals surface area contributed by atoms with E-state index < -0.39 is 0 Å². The summed E-state index contributed by atoms with van der Waals surface area (Å²) < 4.78 is 0. The largest absolute Gasteiger partial charge is 0.385 e. The summed E-state index contributed by atoms with van der Waals surface area (Å²) in [5.41, 5.74) is 8.60. The highest BCUT2D eigenvalue weighted by atomic mass is 16.2. The molecule has 0 spiro atoms. The van der Waals surface area contributed by atoms with Crippen LogP contribution < -0.4 is 11.1 Å². The first-order valence-electron chi connectivity index (χ1n) is 6.19. The number of hydrogen-bond donors (Lipinski definition) is 2. The minimum atomic E-state index is -0.135. The van der Waals surface area contributed by atoms with E-state index in [2.05, 4.69) is 12.2 Å². The Morgan fingerprint density at radius 3 is 2.83 bits per heavy atom. The summed E-state index contributed by atoms with van der Waals surface area (Å²) in [5, 5.41) is 2.76. The van der Waals surface area contributed by atoms with Gasteiger partial charge in [-0.2, -0.15) is 0 Å². The van der Waals surface area contributed by atoms with Crippen LogP contribution in [0.15, 0.2) is 47.1 Å². The summed E-state index contributed by atoms with van der Waals surface area (Å²) in [6, 6.07) is 0. The smallest absolute Gasteiger partial charge is 0.273 e. The third kappa shape index (κ3) is 1.94. The first kappa shape index (κ1) is 12.5. The molecule has 96 valence electrons. The van der Waals surface area contributed by atoms with E-state index in [1.165, 1.54) is 0 Å². The van der Waals surface area contributed by atoms with Crippen molar-refractivity contribution < 1.29 is 4.79 Å². The van der Waals surface area contributed by atoms with Crippen LogP contribution in [-0.4, -0.2) is 17.4 Å². The van der Waals surface area contributed by atoms with E-state index in [-0.39, 0.29) is 11.8 Å². The van der Waals surface area contributed by atoms with E-state index >= 15 is 0 Å². The van der Waals surface area contributed by atoms with E-state index in [1.54, 1.807) is 0 Å². The molecule has 1 atom stereocenters. The highest BCUT2D eigenvalue weighted by molar-refractivity contribution is 5.96. The molecule has 0 aromatic heterocycles. The fourth-order valence-corrected chi connectivity index (χ4v) is 2.25. The highest BCUT2D eigenvalue weighted by Crippen LogP contribution is 2.30. The summed E-state index contributed by atoms with van der Waals surface area (Å²) >= 11 is 0. The standard InChI is InChI=1S/C14H19N3O/c1-4-17-8-6-5-7-11-9(2)10(3)13(15)16-14(18)12(11)17/h5-9H,4,15H2,1-3H3,(H,16,18). The van der Waals surface area contributed by atoms with Gasteiger partial charge in [0, 0.05) is 18.7 Å². The van der Waals surface area contributed by atoms with Crippen LogP contribution in [0, 0.1) is 5.92 Å². The van der Waals surface area contributed by atoms with Gasteiger partial charge < -0.3 is 16.0 Å². The van der Waals surface area contributed by atoms with Crippen LogP contribution in [0.4, 0.5) is 0 Å². The van der Waals surface area contributed by atoms with Crippen LogP contribution in [-0.2, 0) is 4.79 Å². The van der Waals surface area contributed by atoms with Gasteiger partial charge >= 0.3 is 0 Å². The molecular formula is C14H19N3O. The molecule has 0 aliphatic carbocycles. The normalized spacial score (nSPS) is 23.8. The summed E-state index contributed by atoms with van der Waals surface area (Å²) in [6.45, 7) is 6.79. The van der Waals surface area contributed by atoms with Gasteiger partial charge in [0.15, 0.2) is 0 Å². The Balaban J connectivity index is 2.59. The maximum Gasteiger partial charge on any atom is 0.273 e. The molecule has 3 N–H and O–H groups in total. The molecule has 0 aromatic rings. The number of nitrogens with zero attached hydrogens (tertiary/aromatic N) is 1. The van der Waals surface area contributed by atoms with Crippen LogP contribution >= 0.6 is 0 Å². The van der Waals surface area contributed by atoms with Crippen molar-refractivity contribution in [3.05, 3.63) is 47.1 Å². The molecule has 4 nitrogen and oxygen atoms in total. The lowest BCUT2D eigenvalue weighted by atomic mass is 9.92. The lowest BCUT2D eigenvalue weighted by Crippen LogP contribution is -2.34. The maximum absolute atomic E-state index is 12.3. The third-order valence-electron chi connectivity index (χ3n) is 3.56. The molecule has 0 fully saturated rings. The Bertz CT molecular complexity index is 497. The molecule has 0 radical (unpaired) electrons. The topological polar surface area (TPSA) is 58.4 Å². The molecule has 0 saturated heterocycles. The Morgan fingerprint density at radius 2 is 2.17 bits per heavy atom. The molecule has 18 heavy (non-hydrogen) atoms. The van der Waals surface area contributed by atoms with Gasteiger partial charge in [-0.15, -0.1) is 0 Å². The molecule has 2 aliphatic heterocycles. The lowest BCUT2D eigenvalue weighted by Gasteiger charge is -2.23. The molecule has 2 rings (SSSR count). The molecule has 0 saturated carbocycles. The molecule has 2 heterocycles. The second kappa shape index (κ2) is 4.72. The number of amides is 1. The Hall–Kier alpha value is -1.97.